The maximum atomic E-state index is 11.0. The highest BCUT2D eigenvalue weighted by Gasteiger charge is 2.04. The first-order valence-corrected chi connectivity index (χ1v) is 7.36. The Hall–Kier alpha value is 0.190. The van der Waals surface area contributed by atoms with Crippen LogP contribution in [0.25, 0.3) is 0 Å². The lowest BCUT2D eigenvalue weighted by atomic mass is 10.2. The fraction of sp³-hybridized carbons (Fsp3) is 0.417. The van der Waals surface area contributed by atoms with E-state index in [-0.39, 0.29) is 24.3 Å². The van der Waals surface area contributed by atoms with E-state index in [9.17, 15) is 4.79 Å². The van der Waals surface area contributed by atoms with E-state index in [0.29, 0.717) is 21.9 Å². The van der Waals surface area contributed by atoms with Gasteiger partial charge in [0.05, 0.1) is 15.4 Å². The van der Waals surface area contributed by atoms with Gasteiger partial charge in [-0.25, -0.2) is 0 Å². The Morgan fingerprint density at radius 3 is 2.68 bits per heavy atom. The number of rotatable bonds is 6. The molecule has 0 atom stereocenters. The van der Waals surface area contributed by atoms with E-state index < -0.39 is 0 Å². The third kappa shape index (κ3) is 7.51. The number of nitrogens with zero attached hydrogens (tertiary/aromatic N) is 1. The molecule has 0 fully saturated rings. The number of carbonyl (C=O) groups is 1. The quantitative estimate of drug-likeness (QED) is 0.642. The van der Waals surface area contributed by atoms with Crippen LogP contribution in [0, 0.1) is 0 Å². The van der Waals surface area contributed by atoms with E-state index >= 15 is 0 Å². The molecule has 0 aliphatic rings. The summed E-state index contributed by atoms with van der Waals surface area (Å²) < 4.78 is 0. The van der Waals surface area contributed by atoms with Gasteiger partial charge in [-0.1, -0.05) is 45.2 Å². The van der Waals surface area contributed by atoms with Gasteiger partial charge in [0, 0.05) is 19.6 Å². The van der Waals surface area contributed by atoms with Crippen LogP contribution < -0.4 is 22.3 Å². The van der Waals surface area contributed by atoms with Gasteiger partial charge in [0.15, 0.2) is 0 Å². The van der Waals surface area contributed by atoms with Crippen molar-refractivity contribution in [2.45, 2.75) is 6.54 Å². The maximum absolute atomic E-state index is 11.0. The Kier molecular flexibility index (Phi) is 10.1. The zero-order chi connectivity index (χ0) is 13.5. The number of likely N-dealkylation sites (N-methyl/N-ethyl adjacent to an activating group) is 1. The molecule has 7 heteroatoms. The smallest absolute Gasteiger partial charge is 1.00 e. The monoisotopic (exact) mass is 432 g/mol. The van der Waals surface area contributed by atoms with Gasteiger partial charge in [0.1, 0.15) is 0 Å². The lowest BCUT2D eigenvalue weighted by Gasteiger charge is -2.17. The van der Waals surface area contributed by atoms with Gasteiger partial charge in [-0.05, 0) is 24.7 Å². The number of hydrogen-bond donors (Lipinski definition) is 1. The van der Waals surface area contributed by atoms with Gasteiger partial charge >= 0.3 is 1.43 Å². The number of benzene rings is 1. The summed E-state index contributed by atoms with van der Waals surface area (Å²) in [7, 11) is 1.99. The molecule has 1 amide bonds. The summed E-state index contributed by atoms with van der Waals surface area (Å²) in [4.78, 5) is 13.1. The predicted molar refractivity (Wildman–Crippen MR) is 80.7 cm³/mol. The van der Waals surface area contributed by atoms with Crippen LogP contribution in [0.15, 0.2) is 18.2 Å². The second kappa shape index (κ2) is 10.00. The van der Waals surface area contributed by atoms with Crippen molar-refractivity contribution in [1.82, 2.24) is 10.2 Å². The Morgan fingerprint density at radius 2 is 2.11 bits per heavy atom. The maximum Gasteiger partial charge on any atom is 1.00 e. The molecular formula is C12H16Br2Cl2N2O. The Morgan fingerprint density at radius 1 is 1.42 bits per heavy atom. The first-order valence-electron chi connectivity index (χ1n) is 5.48. The summed E-state index contributed by atoms with van der Waals surface area (Å²) in [5, 5.41) is 4.26. The van der Waals surface area contributed by atoms with Crippen LogP contribution in [0.4, 0.5) is 0 Å². The van der Waals surface area contributed by atoms with Gasteiger partial charge in [-0.3, -0.25) is 4.79 Å². The fourth-order valence-corrected chi connectivity index (χ4v) is 1.98. The van der Waals surface area contributed by atoms with Crippen LogP contribution >= 0.6 is 39.1 Å². The molecule has 0 radical (unpaired) electrons. The van der Waals surface area contributed by atoms with Gasteiger partial charge in [-0.2, -0.15) is 0 Å². The first kappa shape index (κ1) is 19.2. The SMILES string of the molecule is CN(CCNC(=O)CBr)Cc1ccc(Cl)c(Cl)c1.[Br-].[H+]. The summed E-state index contributed by atoms with van der Waals surface area (Å²) in [6.07, 6.45) is 0. The highest BCUT2D eigenvalue weighted by Crippen LogP contribution is 2.22. The molecule has 0 bridgehead atoms. The largest absolute Gasteiger partial charge is 1.00 e. The van der Waals surface area contributed by atoms with Crippen molar-refractivity contribution in [3.63, 3.8) is 0 Å². The van der Waals surface area contributed by atoms with E-state index in [1.807, 2.05) is 19.2 Å². The second-order valence-corrected chi connectivity index (χ2v) is 5.34. The molecule has 0 heterocycles. The lowest BCUT2D eigenvalue weighted by Crippen LogP contribution is -3.00. The second-order valence-electron chi connectivity index (χ2n) is 3.97. The number of amides is 1. The third-order valence-corrected chi connectivity index (χ3v) is 3.62. The summed E-state index contributed by atoms with van der Waals surface area (Å²) in [6.45, 7) is 2.17. The molecule has 1 aromatic carbocycles. The molecule has 1 aromatic rings. The molecule has 19 heavy (non-hydrogen) atoms. The van der Waals surface area contributed by atoms with Gasteiger partial charge in [0.25, 0.3) is 0 Å². The first-order chi connectivity index (χ1) is 8.52. The van der Waals surface area contributed by atoms with Crippen molar-refractivity contribution >= 4 is 45.0 Å². The minimum atomic E-state index is -0.00191. The summed E-state index contributed by atoms with van der Waals surface area (Å²) in [5.41, 5.74) is 1.10. The summed E-state index contributed by atoms with van der Waals surface area (Å²) >= 11 is 14.9. The normalized spacial score (nSPS) is 10.2. The van der Waals surface area contributed by atoms with Crippen LogP contribution in [0.5, 0.6) is 0 Å². The topological polar surface area (TPSA) is 32.3 Å². The van der Waals surface area contributed by atoms with Crippen molar-refractivity contribution in [2.24, 2.45) is 0 Å². The van der Waals surface area contributed by atoms with Crippen molar-refractivity contribution in [3.05, 3.63) is 33.8 Å². The number of hydrogen-bond acceptors (Lipinski definition) is 2. The van der Waals surface area contributed by atoms with Crippen molar-refractivity contribution in [1.29, 1.82) is 0 Å². The molecule has 0 aliphatic carbocycles. The molecule has 0 saturated carbocycles. The van der Waals surface area contributed by atoms with Crippen LogP contribution in [0.3, 0.4) is 0 Å². The molecule has 1 rings (SSSR count). The van der Waals surface area contributed by atoms with Crippen molar-refractivity contribution < 1.29 is 23.2 Å². The Labute approximate surface area is 144 Å². The van der Waals surface area contributed by atoms with Crippen LogP contribution in [0.1, 0.15) is 6.99 Å². The third-order valence-electron chi connectivity index (χ3n) is 2.37. The molecule has 0 spiro atoms. The fourth-order valence-electron chi connectivity index (χ4n) is 1.46. The highest BCUT2D eigenvalue weighted by atomic mass is 79.9. The minimum Gasteiger partial charge on any atom is -1.00 e. The highest BCUT2D eigenvalue weighted by molar-refractivity contribution is 9.09. The molecule has 1 N–H and O–H groups in total. The molecule has 0 unspecified atom stereocenters. The van der Waals surface area contributed by atoms with E-state index in [2.05, 4.69) is 26.1 Å². The minimum absolute atomic E-state index is 0. The number of halogens is 4. The van der Waals surface area contributed by atoms with Crippen molar-refractivity contribution in [2.75, 3.05) is 25.5 Å². The van der Waals surface area contributed by atoms with Crippen LogP contribution in [0.2, 0.25) is 10.0 Å². The standard InChI is InChI=1S/C12H15BrCl2N2O.BrH/c1-17(5-4-16-12(18)7-13)8-9-2-3-10(14)11(15)6-9;/h2-3,6H,4-5,7-8H2,1H3,(H,16,18);1H. The number of nitrogens with one attached hydrogen (secondary N) is 1. The molecule has 0 aromatic heterocycles. The van der Waals surface area contributed by atoms with E-state index in [1.165, 1.54) is 0 Å². The van der Waals surface area contributed by atoms with Gasteiger partial charge in [-0.15, -0.1) is 0 Å². The molecule has 0 saturated heterocycles. The van der Waals surface area contributed by atoms with E-state index in [4.69, 9.17) is 23.2 Å². The molecule has 0 aliphatic heterocycles. The average molecular weight is 435 g/mol. The van der Waals surface area contributed by atoms with Crippen molar-refractivity contribution in [3.8, 4) is 0 Å². The van der Waals surface area contributed by atoms with Crippen LogP contribution in [-0.4, -0.2) is 36.3 Å². The van der Waals surface area contributed by atoms with Crippen LogP contribution in [-0.2, 0) is 11.3 Å². The number of carbonyl (C=O) groups excluding carboxylic acids is 1. The summed E-state index contributed by atoms with van der Waals surface area (Å²) in [5.74, 6) is -0.00191. The zero-order valence-corrected chi connectivity index (χ0v) is 15.1. The zero-order valence-electron chi connectivity index (χ0n) is 11.4. The molecular weight excluding hydrogens is 419 g/mol. The van der Waals surface area contributed by atoms with E-state index in [0.717, 1.165) is 18.7 Å². The molecule has 3 nitrogen and oxygen atoms in total. The predicted octanol–water partition coefficient (Wildman–Crippen LogP) is 0.0528. The Balaban J connectivity index is 0. The van der Waals surface area contributed by atoms with E-state index in [1.54, 1.807) is 6.07 Å². The molecule has 108 valence electrons. The summed E-state index contributed by atoms with van der Waals surface area (Å²) in [6, 6.07) is 5.60. The average Bonchev–Trinajstić information content (AvgIpc) is 2.33. The number of alkyl halides is 1. The Bertz CT molecular complexity index is 424. The van der Waals surface area contributed by atoms with Gasteiger partial charge < -0.3 is 27.2 Å². The van der Waals surface area contributed by atoms with Gasteiger partial charge in [0.2, 0.25) is 5.91 Å². The lowest BCUT2D eigenvalue weighted by molar-refractivity contribution is -0.118.